The predicted molar refractivity (Wildman–Crippen MR) is 73.3 cm³/mol. The fraction of sp³-hybridized carbons (Fsp3) is 0.308. The van der Waals surface area contributed by atoms with Crippen molar-refractivity contribution >= 4 is 20.8 Å². The molecule has 0 aliphatic carbocycles. The molecule has 2 aromatic rings. The minimum absolute atomic E-state index is 0.0615. The summed E-state index contributed by atoms with van der Waals surface area (Å²) in [4.78, 5) is 12.2. The molecule has 2 rings (SSSR count). The van der Waals surface area contributed by atoms with Gasteiger partial charge in [0.15, 0.2) is 16.8 Å². The molecule has 1 aromatic heterocycles. The number of ether oxygens (including phenoxy) is 2. The van der Waals surface area contributed by atoms with Gasteiger partial charge in [-0.2, -0.15) is 0 Å². The van der Waals surface area contributed by atoms with Gasteiger partial charge in [0, 0.05) is 6.07 Å². The molecule has 0 fully saturated rings. The molecule has 0 aliphatic heterocycles. The van der Waals surface area contributed by atoms with Crippen LogP contribution in [0, 0.1) is 0 Å². The summed E-state index contributed by atoms with van der Waals surface area (Å²) < 4.78 is 39.3. The topological polar surface area (TPSA) is 82.8 Å². The molecule has 0 amide bonds. The summed E-state index contributed by atoms with van der Waals surface area (Å²) in [6.07, 6.45) is 0. The molecule has 1 heterocycles. The van der Waals surface area contributed by atoms with E-state index in [1.54, 1.807) is 12.1 Å². The third-order valence-corrected chi connectivity index (χ3v) is 4.48. The summed E-state index contributed by atoms with van der Waals surface area (Å²) >= 11 is 0. The van der Waals surface area contributed by atoms with Crippen LogP contribution in [-0.2, 0) is 9.84 Å². The van der Waals surface area contributed by atoms with Gasteiger partial charge in [-0.25, -0.2) is 8.42 Å². The van der Waals surface area contributed by atoms with Crippen LogP contribution in [0.3, 0.4) is 0 Å². The Morgan fingerprint density at radius 1 is 1.15 bits per heavy atom. The molecule has 0 unspecified atom stereocenters. The van der Waals surface area contributed by atoms with Gasteiger partial charge in [-0.05, 0) is 12.1 Å². The van der Waals surface area contributed by atoms with Crippen LogP contribution in [0.2, 0.25) is 0 Å². The van der Waals surface area contributed by atoms with Gasteiger partial charge in [0.1, 0.15) is 11.1 Å². The lowest BCUT2D eigenvalue weighted by Crippen LogP contribution is -2.10. The van der Waals surface area contributed by atoms with E-state index in [1.807, 2.05) is 0 Å². The highest BCUT2D eigenvalue weighted by Crippen LogP contribution is 2.32. The van der Waals surface area contributed by atoms with Gasteiger partial charge in [-0.3, -0.25) is 4.79 Å². The number of hydrogen-bond acceptors (Lipinski definition) is 6. The Morgan fingerprint density at radius 3 is 2.30 bits per heavy atom. The first-order valence-electron chi connectivity index (χ1n) is 5.86. The molecule has 0 saturated carbocycles. The van der Waals surface area contributed by atoms with E-state index in [-0.39, 0.29) is 27.6 Å². The van der Waals surface area contributed by atoms with Crippen molar-refractivity contribution in [1.82, 2.24) is 0 Å². The number of sulfone groups is 1. The number of methoxy groups -OCH3 is 2. The monoisotopic (exact) mass is 298 g/mol. The summed E-state index contributed by atoms with van der Waals surface area (Å²) in [7, 11) is -0.801. The number of fused-ring (bicyclic) bond motifs is 1. The molecule has 0 saturated heterocycles. The third kappa shape index (κ3) is 2.24. The lowest BCUT2D eigenvalue weighted by molar-refractivity contribution is 0.390. The van der Waals surface area contributed by atoms with Crippen molar-refractivity contribution in [3.8, 4) is 11.5 Å². The summed E-state index contributed by atoms with van der Waals surface area (Å²) in [5.74, 6) is 0.411. The minimum Gasteiger partial charge on any atom is -0.496 e. The van der Waals surface area contributed by atoms with Crippen LogP contribution < -0.4 is 14.9 Å². The quantitative estimate of drug-likeness (QED) is 0.852. The van der Waals surface area contributed by atoms with E-state index in [4.69, 9.17) is 13.9 Å². The number of benzene rings is 1. The SMILES string of the molecule is CCS(=O)(=O)c1cc(=O)c2c(OC)ccc(OC)c2o1. The highest BCUT2D eigenvalue weighted by molar-refractivity contribution is 7.91. The second kappa shape index (κ2) is 5.16. The van der Waals surface area contributed by atoms with Crippen LogP contribution in [0.5, 0.6) is 11.5 Å². The number of rotatable bonds is 4. The van der Waals surface area contributed by atoms with Crippen molar-refractivity contribution in [2.75, 3.05) is 20.0 Å². The third-order valence-electron chi connectivity index (χ3n) is 2.91. The first kappa shape index (κ1) is 14.4. The molecule has 6 nitrogen and oxygen atoms in total. The maximum Gasteiger partial charge on any atom is 0.222 e. The first-order chi connectivity index (χ1) is 9.44. The van der Waals surface area contributed by atoms with Crippen molar-refractivity contribution in [2.24, 2.45) is 0 Å². The minimum atomic E-state index is -3.62. The second-order valence-electron chi connectivity index (χ2n) is 4.01. The summed E-state index contributed by atoms with van der Waals surface area (Å²) in [5.41, 5.74) is -0.430. The van der Waals surface area contributed by atoms with Crippen LogP contribution in [-0.4, -0.2) is 28.4 Å². The van der Waals surface area contributed by atoms with Gasteiger partial charge in [0.2, 0.25) is 14.9 Å². The Balaban J connectivity index is 2.93. The Bertz CT molecular complexity index is 803. The Morgan fingerprint density at radius 2 is 1.75 bits per heavy atom. The molecule has 108 valence electrons. The van der Waals surface area contributed by atoms with Crippen molar-refractivity contribution in [2.45, 2.75) is 12.0 Å². The molecule has 1 aromatic carbocycles. The fourth-order valence-corrected chi connectivity index (χ4v) is 2.60. The average molecular weight is 298 g/mol. The van der Waals surface area contributed by atoms with E-state index in [0.29, 0.717) is 5.75 Å². The molecule has 0 aliphatic rings. The van der Waals surface area contributed by atoms with Gasteiger partial charge in [0.25, 0.3) is 0 Å². The first-order valence-corrected chi connectivity index (χ1v) is 7.51. The van der Waals surface area contributed by atoms with Gasteiger partial charge in [-0.15, -0.1) is 0 Å². The summed E-state index contributed by atoms with van der Waals surface area (Å²) in [6.45, 7) is 1.47. The lowest BCUT2D eigenvalue weighted by atomic mass is 10.2. The number of hydrogen-bond donors (Lipinski definition) is 0. The van der Waals surface area contributed by atoms with Crippen LogP contribution in [0.4, 0.5) is 0 Å². The van der Waals surface area contributed by atoms with Crippen LogP contribution in [0.1, 0.15) is 6.92 Å². The molecule has 0 N–H and O–H groups in total. The van der Waals surface area contributed by atoms with Gasteiger partial charge >= 0.3 is 0 Å². The van der Waals surface area contributed by atoms with Crippen molar-refractivity contribution in [3.05, 3.63) is 28.4 Å². The van der Waals surface area contributed by atoms with Gasteiger partial charge in [-0.1, -0.05) is 6.92 Å². The lowest BCUT2D eigenvalue weighted by Gasteiger charge is -2.09. The second-order valence-corrected chi connectivity index (χ2v) is 6.22. The molecule has 0 atom stereocenters. The van der Waals surface area contributed by atoms with Crippen molar-refractivity contribution in [3.63, 3.8) is 0 Å². The van der Waals surface area contributed by atoms with Crippen LogP contribution >= 0.6 is 0 Å². The molecule has 20 heavy (non-hydrogen) atoms. The molecular weight excluding hydrogens is 284 g/mol. The highest BCUT2D eigenvalue weighted by atomic mass is 32.2. The van der Waals surface area contributed by atoms with Crippen molar-refractivity contribution < 1.29 is 22.3 Å². The van der Waals surface area contributed by atoms with E-state index in [2.05, 4.69) is 0 Å². The van der Waals surface area contributed by atoms with Crippen LogP contribution in [0.15, 0.2) is 32.5 Å². The smallest absolute Gasteiger partial charge is 0.222 e. The van der Waals surface area contributed by atoms with Crippen LogP contribution in [0.25, 0.3) is 11.0 Å². The Labute approximate surface area is 115 Å². The van der Waals surface area contributed by atoms with E-state index in [0.717, 1.165) is 6.07 Å². The molecule has 0 radical (unpaired) electrons. The Kier molecular flexibility index (Phi) is 3.71. The highest BCUT2D eigenvalue weighted by Gasteiger charge is 2.21. The standard InChI is InChI=1S/C13H14O6S/c1-4-20(15,16)11-7-8(14)12-9(17-2)5-6-10(18-3)13(12)19-11/h5-7H,4H2,1-3H3. The Hall–Kier alpha value is -2.02. The molecule has 7 heteroatoms. The fourth-order valence-electron chi connectivity index (χ4n) is 1.82. The van der Waals surface area contributed by atoms with E-state index >= 15 is 0 Å². The predicted octanol–water partition coefficient (Wildman–Crippen LogP) is 1.60. The average Bonchev–Trinajstić information content (AvgIpc) is 2.45. The molecule has 0 bridgehead atoms. The van der Waals surface area contributed by atoms with Gasteiger partial charge < -0.3 is 13.9 Å². The van der Waals surface area contributed by atoms with Gasteiger partial charge in [0.05, 0.1) is 20.0 Å². The molecular formula is C13H14O6S. The largest absolute Gasteiger partial charge is 0.496 e. The maximum atomic E-state index is 12.2. The molecule has 0 spiro atoms. The van der Waals surface area contributed by atoms with E-state index < -0.39 is 15.3 Å². The normalized spacial score (nSPS) is 11.6. The maximum absolute atomic E-state index is 12.2. The van der Waals surface area contributed by atoms with Crippen molar-refractivity contribution in [1.29, 1.82) is 0 Å². The summed E-state index contributed by atoms with van der Waals surface area (Å²) in [5, 5.41) is -0.217. The zero-order valence-corrected chi connectivity index (χ0v) is 12.1. The zero-order chi connectivity index (χ0) is 14.9. The summed E-state index contributed by atoms with van der Waals surface area (Å²) in [6, 6.07) is 4.07. The van der Waals surface area contributed by atoms with E-state index in [1.165, 1.54) is 21.1 Å². The zero-order valence-electron chi connectivity index (χ0n) is 11.3. The van der Waals surface area contributed by atoms with E-state index in [9.17, 15) is 13.2 Å².